The standard InChI is InChI=1S/C23H31N3O4S/c1-4-26(5-2)31(28,29)20-11-9-10-19(18-20)23(27)25-16-14-24(15-17-25)21-12-7-8-13-22(21)30-6-3/h7-13,18H,4-6,14-17H2,1-3H3. The normalized spacial score (nSPS) is 14.7. The van der Waals surface area contributed by atoms with E-state index in [1.54, 1.807) is 36.9 Å². The average Bonchev–Trinajstić information content (AvgIpc) is 2.80. The summed E-state index contributed by atoms with van der Waals surface area (Å²) in [5.41, 5.74) is 1.43. The fraction of sp³-hybridized carbons (Fsp3) is 0.435. The number of sulfonamides is 1. The van der Waals surface area contributed by atoms with Gasteiger partial charge in [-0.15, -0.1) is 0 Å². The second kappa shape index (κ2) is 10.2. The monoisotopic (exact) mass is 445 g/mol. The molecule has 2 aromatic carbocycles. The van der Waals surface area contributed by atoms with Crippen LogP contribution in [0.2, 0.25) is 0 Å². The molecular formula is C23H31N3O4S. The molecule has 1 saturated heterocycles. The van der Waals surface area contributed by atoms with Crippen molar-refractivity contribution in [3.63, 3.8) is 0 Å². The molecule has 0 atom stereocenters. The first-order chi connectivity index (χ1) is 14.9. The summed E-state index contributed by atoms with van der Waals surface area (Å²) < 4.78 is 32.8. The van der Waals surface area contributed by atoms with E-state index in [1.807, 2.05) is 31.2 Å². The summed E-state index contributed by atoms with van der Waals surface area (Å²) in [6, 6.07) is 14.3. The first-order valence-electron chi connectivity index (χ1n) is 10.8. The molecule has 1 aliphatic heterocycles. The molecule has 0 aromatic heterocycles. The number of anilines is 1. The van der Waals surface area contributed by atoms with E-state index in [2.05, 4.69) is 4.90 Å². The van der Waals surface area contributed by atoms with Crippen molar-refractivity contribution in [2.45, 2.75) is 25.7 Å². The minimum absolute atomic E-state index is 0.144. The lowest BCUT2D eigenvalue weighted by Gasteiger charge is -2.36. The van der Waals surface area contributed by atoms with Gasteiger partial charge in [0, 0.05) is 44.8 Å². The largest absolute Gasteiger partial charge is 0.492 e. The molecule has 0 unspecified atom stereocenters. The molecule has 31 heavy (non-hydrogen) atoms. The Morgan fingerprint density at radius 3 is 2.29 bits per heavy atom. The smallest absolute Gasteiger partial charge is 0.254 e. The molecule has 7 nitrogen and oxygen atoms in total. The summed E-state index contributed by atoms with van der Waals surface area (Å²) in [6.45, 7) is 9.45. The highest BCUT2D eigenvalue weighted by atomic mass is 32.2. The number of benzene rings is 2. The zero-order valence-electron chi connectivity index (χ0n) is 18.5. The van der Waals surface area contributed by atoms with Crippen molar-refractivity contribution in [1.82, 2.24) is 9.21 Å². The molecule has 168 valence electrons. The zero-order valence-corrected chi connectivity index (χ0v) is 19.3. The highest BCUT2D eigenvalue weighted by molar-refractivity contribution is 7.89. The lowest BCUT2D eigenvalue weighted by Crippen LogP contribution is -2.49. The van der Waals surface area contributed by atoms with E-state index < -0.39 is 10.0 Å². The Morgan fingerprint density at radius 1 is 0.968 bits per heavy atom. The van der Waals surface area contributed by atoms with Crippen LogP contribution in [-0.4, -0.2) is 69.4 Å². The van der Waals surface area contributed by atoms with E-state index in [9.17, 15) is 13.2 Å². The Hall–Kier alpha value is -2.58. The number of hydrogen-bond acceptors (Lipinski definition) is 5. The van der Waals surface area contributed by atoms with Gasteiger partial charge in [-0.25, -0.2) is 8.42 Å². The number of carbonyl (C=O) groups is 1. The maximum absolute atomic E-state index is 13.1. The minimum Gasteiger partial charge on any atom is -0.492 e. The van der Waals surface area contributed by atoms with E-state index in [0.717, 1.165) is 11.4 Å². The zero-order chi connectivity index (χ0) is 22.4. The van der Waals surface area contributed by atoms with Crippen molar-refractivity contribution in [2.75, 3.05) is 50.8 Å². The maximum Gasteiger partial charge on any atom is 0.254 e. The van der Waals surface area contributed by atoms with Crippen molar-refractivity contribution >= 4 is 21.6 Å². The summed E-state index contributed by atoms with van der Waals surface area (Å²) >= 11 is 0. The molecule has 8 heteroatoms. The predicted molar refractivity (Wildman–Crippen MR) is 122 cm³/mol. The van der Waals surface area contributed by atoms with Crippen LogP contribution in [0.15, 0.2) is 53.4 Å². The second-order valence-corrected chi connectivity index (χ2v) is 9.24. The minimum atomic E-state index is -3.60. The third-order valence-electron chi connectivity index (χ3n) is 5.50. The number of nitrogens with zero attached hydrogens (tertiary/aromatic N) is 3. The van der Waals surface area contributed by atoms with Gasteiger partial charge in [-0.2, -0.15) is 4.31 Å². The quantitative estimate of drug-likeness (QED) is 0.625. The molecule has 0 saturated carbocycles. The fourth-order valence-corrected chi connectivity index (χ4v) is 5.34. The van der Waals surface area contributed by atoms with Gasteiger partial charge in [0.2, 0.25) is 10.0 Å². The predicted octanol–water partition coefficient (Wildman–Crippen LogP) is 3.08. The number of amides is 1. The molecule has 0 spiro atoms. The summed E-state index contributed by atoms with van der Waals surface area (Å²) in [4.78, 5) is 17.2. The maximum atomic E-state index is 13.1. The number of carbonyl (C=O) groups excluding carboxylic acids is 1. The van der Waals surface area contributed by atoms with Gasteiger partial charge in [-0.1, -0.05) is 32.0 Å². The van der Waals surface area contributed by atoms with Crippen molar-refractivity contribution in [2.24, 2.45) is 0 Å². The average molecular weight is 446 g/mol. The van der Waals surface area contributed by atoms with Crippen LogP contribution in [0.5, 0.6) is 5.75 Å². The van der Waals surface area contributed by atoms with E-state index >= 15 is 0 Å². The number of hydrogen-bond donors (Lipinski definition) is 0. The van der Waals surface area contributed by atoms with Crippen molar-refractivity contribution in [3.8, 4) is 5.75 Å². The third-order valence-corrected chi connectivity index (χ3v) is 7.54. The molecule has 1 fully saturated rings. The SMILES string of the molecule is CCOc1ccccc1N1CCN(C(=O)c2cccc(S(=O)(=O)N(CC)CC)c2)CC1. The number of ether oxygens (including phenoxy) is 1. The Morgan fingerprint density at radius 2 is 1.65 bits per heavy atom. The molecule has 2 aromatic rings. The molecule has 0 bridgehead atoms. The van der Waals surface area contributed by atoms with E-state index in [-0.39, 0.29) is 10.8 Å². The van der Waals surface area contributed by atoms with Crippen LogP contribution in [-0.2, 0) is 10.0 Å². The van der Waals surface area contributed by atoms with Crippen LogP contribution < -0.4 is 9.64 Å². The first kappa shape index (κ1) is 23.1. The second-order valence-electron chi connectivity index (χ2n) is 7.30. The summed E-state index contributed by atoms with van der Waals surface area (Å²) in [6.07, 6.45) is 0. The Bertz CT molecular complexity index is 997. The van der Waals surface area contributed by atoms with E-state index in [0.29, 0.717) is 51.4 Å². The highest BCUT2D eigenvalue weighted by Crippen LogP contribution is 2.29. The van der Waals surface area contributed by atoms with Gasteiger partial charge in [-0.05, 0) is 37.3 Å². The topological polar surface area (TPSA) is 70.2 Å². The Balaban J connectivity index is 1.72. The van der Waals surface area contributed by atoms with Crippen molar-refractivity contribution in [1.29, 1.82) is 0 Å². The Kier molecular flexibility index (Phi) is 7.56. The van der Waals surface area contributed by atoms with Gasteiger partial charge in [0.1, 0.15) is 5.75 Å². The molecule has 1 aliphatic rings. The number of rotatable bonds is 8. The van der Waals surface area contributed by atoms with Gasteiger partial charge < -0.3 is 14.5 Å². The van der Waals surface area contributed by atoms with Gasteiger partial charge in [-0.3, -0.25) is 4.79 Å². The number of para-hydroxylation sites is 2. The first-order valence-corrected chi connectivity index (χ1v) is 12.2. The van der Waals surface area contributed by atoms with Crippen LogP contribution in [0, 0.1) is 0 Å². The molecule has 1 amide bonds. The lowest BCUT2D eigenvalue weighted by atomic mass is 10.1. The summed E-state index contributed by atoms with van der Waals surface area (Å²) in [5.74, 6) is 0.702. The van der Waals surface area contributed by atoms with Gasteiger partial charge in [0.05, 0.1) is 17.2 Å². The van der Waals surface area contributed by atoms with Crippen LogP contribution in [0.3, 0.4) is 0 Å². The van der Waals surface area contributed by atoms with E-state index in [4.69, 9.17) is 4.74 Å². The number of piperazine rings is 1. The van der Waals surface area contributed by atoms with Crippen LogP contribution in [0.25, 0.3) is 0 Å². The summed E-state index contributed by atoms with van der Waals surface area (Å²) in [7, 11) is -3.60. The molecule has 0 N–H and O–H groups in total. The van der Waals surface area contributed by atoms with Gasteiger partial charge >= 0.3 is 0 Å². The molecule has 0 radical (unpaired) electrons. The third kappa shape index (κ3) is 5.02. The van der Waals surface area contributed by atoms with Gasteiger partial charge in [0.15, 0.2) is 0 Å². The van der Waals surface area contributed by atoms with Crippen molar-refractivity contribution < 1.29 is 17.9 Å². The molecule has 1 heterocycles. The molecular weight excluding hydrogens is 414 g/mol. The fourth-order valence-electron chi connectivity index (χ4n) is 3.83. The van der Waals surface area contributed by atoms with Crippen LogP contribution >= 0.6 is 0 Å². The van der Waals surface area contributed by atoms with E-state index in [1.165, 1.54) is 10.4 Å². The Labute approximate surface area is 185 Å². The lowest BCUT2D eigenvalue weighted by molar-refractivity contribution is 0.0746. The molecule has 3 rings (SSSR count). The van der Waals surface area contributed by atoms with Gasteiger partial charge in [0.25, 0.3) is 5.91 Å². The van der Waals surface area contributed by atoms with Crippen LogP contribution in [0.1, 0.15) is 31.1 Å². The highest BCUT2D eigenvalue weighted by Gasteiger charge is 2.26. The summed E-state index contributed by atoms with van der Waals surface area (Å²) in [5, 5.41) is 0. The van der Waals surface area contributed by atoms with Crippen molar-refractivity contribution in [3.05, 3.63) is 54.1 Å². The van der Waals surface area contributed by atoms with Crippen LogP contribution in [0.4, 0.5) is 5.69 Å². The molecule has 0 aliphatic carbocycles.